The largest absolute Gasteiger partial charge is 0.317 e. The van der Waals surface area contributed by atoms with Crippen molar-refractivity contribution >= 4 is 0 Å². The van der Waals surface area contributed by atoms with Crippen LogP contribution >= 0.6 is 0 Å². The molecule has 0 aromatic heterocycles. The predicted molar refractivity (Wildman–Crippen MR) is 74.3 cm³/mol. The number of nitrogens with zero attached hydrogens (tertiary/aromatic N) is 1. The van der Waals surface area contributed by atoms with Crippen LogP contribution in [0.25, 0.3) is 0 Å². The maximum Gasteiger partial charge on any atom is 0.00644 e. The summed E-state index contributed by atoms with van der Waals surface area (Å²) in [7, 11) is 6.63. The van der Waals surface area contributed by atoms with Crippen molar-refractivity contribution in [1.82, 2.24) is 10.2 Å². The molecule has 100 valence electrons. The van der Waals surface area contributed by atoms with Crippen LogP contribution in [-0.4, -0.2) is 38.6 Å². The van der Waals surface area contributed by atoms with Crippen molar-refractivity contribution in [3.05, 3.63) is 0 Å². The highest BCUT2D eigenvalue weighted by Gasteiger charge is 2.42. The summed E-state index contributed by atoms with van der Waals surface area (Å²) in [5.41, 5.74) is 0.646. The minimum atomic E-state index is 0.646. The minimum absolute atomic E-state index is 0.646. The van der Waals surface area contributed by atoms with Gasteiger partial charge in [-0.25, -0.2) is 0 Å². The summed E-state index contributed by atoms with van der Waals surface area (Å²) in [6.07, 6.45) is 11.6. The van der Waals surface area contributed by atoms with Gasteiger partial charge in [-0.1, -0.05) is 12.8 Å². The normalized spacial score (nSPS) is 35.6. The van der Waals surface area contributed by atoms with Crippen LogP contribution in [0.1, 0.15) is 51.4 Å². The molecular weight excluding hydrogens is 208 g/mol. The first kappa shape index (κ1) is 13.4. The van der Waals surface area contributed by atoms with Crippen LogP contribution in [-0.2, 0) is 0 Å². The Morgan fingerprint density at radius 2 is 1.65 bits per heavy atom. The zero-order valence-electron chi connectivity index (χ0n) is 12.0. The Morgan fingerprint density at radius 3 is 2.12 bits per heavy atom. The van der Waals surface area contributed by atoms with E-state index < -0.39 is 0 Å². The van der Waals surface area contributed by atoms with E-state index in [1.165, 1.54) is 57.9 Å². The monoisotopic (exact) mass is 238 g/mol. The highest BCUT2D eigenvalue weighted by atomic mass is 15.1. The zero-order valence-corrected chi connectivity index (χ0v) is 12.0. The lowest BCUT2D eigenvalue weighted by atomic mass is 9.64. The van der Waals surface area contributed by atoms with Crippen molar-refractivity contribution in [1.29, 1.82) is 0 Å². The molecule has 0 amide bonds. The molecular formula is C15H30N2. The van der Waals surface area contributed by atoms with Crippen molar-refractivity contribution in [2.75, 3.05) is 27.7 Å². The third-order valence-corrected chi connectivity index (χ3v) is 5.24. The fourth-order valence-electron chi connectivity index (χ4n) is 4.34. The quantitative estimate of drug-likeness (QED) is 0.810. The molecule has 2 aliphatic carbocycles. The third kappa shape index (κ3) is 3.03. The number of rotatable bonds is 4. The zero-order chi connectivity index (χ0) is 12.3. The van der Waals surface area contributed by atoms with Crippen molar-refractivity contribution in [3.63, 3.8) is 0 Å². The van der Waals surface area contributed by atoms with Gasteiger partial charge in [-0.2, -0.15) is 0 Å². The van der Waals surface area contributed by atoms with Gasteiger partial charge in [0.05, 0.1) is 0 Å². The smallest absolute Gasteiger partial charge is 0.00644 e. The Labute approximate surface area is 107 Å². The molecule has 0 heterocycles. The average molecular weight is 238 g/mol. The van der Waals surface area contributed by atoms with E-state index >= 15 is 0 Å². The van der Waals surface area contributed by atoms with Gasteiger partial charge >= 0.3 is 0 Å². The summed E-state index contributed by atoms with van der Waals surface area (Å²) in [4.78, 5) is 2.43. The molecule has 2 aliphatic rings. The number of nitrogens with one attached hydrogen (secondary N) is 1. The van der Waals surface area contributed by atoms with Crippen molar-refractivity contribution in [2.24, 2.45) is 11.3 Å². The molecule has 0 aliphatic heterocycles. The van der Waals surface area contributed by atoms with Crippen molar-refractivity contribution < 1.29 is 0 Å². The van der Waals surface area contributed by atoms with Crippen molar-refractivity contribution in [2.45, 2.75) is 57.4 Å². The molecule has 0 radical (unpaired) electrons. The van der Waals surface area contributed by atoms with Gasteiger partial charge in [0.2, 0.25) is 0 Å². The van der Waals surface area contributed by atoms with Crippen LogP contribution in [0.3, 0.4) is 0 Å². The standard InChI is InChI=1S/C15H30N2/c1-16-14-8-10-15(11-9-14,12-17(2)3)13-6-4-5-7-13/h13-14,16H,4-12H2,1-3H3. The molecule has 2 fully saturated rings. The minimum Gasteiger partial charge on any atom is -0.317 e. The van der Waals surface area contributed by atoms with Crippen LogP contribution in [0, 0.1) is 11.3 Å². The van der Waals surface area contributed by atoms with Gasteiger partial charge in [0.25, 0.3) is 0 Å². The molecule has 2 rings (SSSR count). The summed E-state index contributed by atoms with van der Waals surface area (Å²) < 4.78 is 0. The van der Waals surface area contributed by atoms with Gasteiger partial charge in [0, 0.05) is 12.6 Å². The SMILES string of the molecule is CNC1CCC(CN(C)C)(C2CCCC2)CC1. The van der Waals surface area contributed by atoms with Gasteiger partial charge in [-0.05, 0) is 71.0 Å². The Hall–Kier alpha value is -0.0800. The third-order valence-electron chi connectivity index (χ3n) is 5.24. The second-order valence-corrected chi connectivity index (χ2v) is 6.64. The van der Waals surface area contributed by atoms with Gasteiger partial charge < -0.3 is 10.2 Å². The molecule has 0 spiro atoms. The van der Waals surface area contributed by atoms with E-state index in [4.69, 9.17) is 0 Å². The summed E-state index contributed by atoms with van der Waals surface area (Å²) >= 11 is 0. The lowest BCUT2D eigenvalue weighted by molar-refractivity contribution is 0.0537. The maximum absolute atomic E-state index is 3.47. The molecule has 2 saturated carbocycles. The van der Waals surface area contributed by atoms with Crippen LogP contribution in [0.5, 0.6) is 0 Å². The highest BCUT2D eigenvalue weighted by Crippen LogP contribution is 2.49. The summed E-state index contributed by atoms with van der Waals surface area (Å²) in [5, 5.41) is 3.47. The number of hydrogen-bond donors (Lipinski definition) is 1. The Bertz CT molecular complexity index is 223. The van der Waals surface area contributed by atoms with E-state index in [1.807, 2.05) is 0 Å². The maximum atomic E-state index is 3.47. The summed E-state index contributed by atoms with van der Waals surface area (Å²) in [6, 6.07) is 0.784. The van der Waals surface area contributed by atoms with E-state index in [2.05, 4.69) is 31.4 Å². The summed E-state index contributed by atoms with van der Waals surface area (Å²) in [5.74, 6) is 1.02. The second-order valence-electron chi connectivity index (χ2n) is 6.64. The lowest BCUT2D eigenvalue weighted by Gasteiger charge is -2.46. The van der Waals surface area contributed by atoms with Gasteiger partial charge in [0.1, 0.15) is 0 Å². The molecule has 0 unspecified atom stereocenters. The van der Waals surface area contributed by atoms with Crippen LogP contribution < -0.4 is 5.32 Å². The lowest BCUT2D eigenvalue weighted by Crippen LogP contribution is -2.45. The Morgan fingerprint density at radius 1 is 1.06 bits per heavy atom. The van der Waals surface area contributed by atoms with E-state index in [0.717, 1.165) is 12.0 Å². The first-order valence-corrected chi connectivity index (χ1v) is 7.48. The topological polar surface area (TPSA) is 15.3 Å². The fraction of sp³-hybridized carbons (Fsp3) is 1.00. The molecule has 2 nitrogen and oxygen atoms in total. The molecule has 0 aromatic carbocycles. The van der Waals surface area contributed by atoms with Gasteiger partial charge in [0.15, 0.2) is 0 Å². The van der Waals surface area contributed by atoms with E-state index in [9.17, 15) is 0 Å². The first-order valence-electron chi connectivity index (χ1n) is 7.48. The van der Waals surface area contributed by atoms with Crippen LogP contribution in [0.4, 0.5) is 0 Å². The number of hydrogen-bond acceptors (Lipinski definition) is 2. The molecule has 0 aromatic rings. The first-order chi connectivity index (χ1) is 8.16. The molecule has 0 saturated heterocycles. The highest BCUT2D eigenvalue weighted by molar-refractivity contribution is 4.95. The van der Waals surface area contributed by atoms with E-state index in [-0.39, 0.29) is 0 Å². The Kier molecular flexibility index (Phi) is 4.48. The summed E-state index contributed by atoms with van der Waals surface area (Å²) in [6.45, 7) is 1.31. The molecule has 17 heavy (non-hydrogen) atoms. The molecule has 1 N–H and O–H groups in total. The van der Waals surface area contributed by atoms with Gasteiger partial charge in [-0.3, -0.25) is 0 Å². The van der Waals surface area contributed by atoms with E-state index in [0.29, 0.717) is 5.41 Å². The van der Waals surface area contributed by atoms with Gasteiger partial charge in [-0.15, -0.1) is 0 Å². The van der Waals surface area contributed by atoms with Crippen LogP contribution in [0.2, 0.25) is 0 Å². The predicted octanol–water partition coefficient (Wildman–Crippen LogP) is 2.89. The average Bonchev–Trinajstić information content (AvgIpc) is 2.83. The molecule has 0 bridgehead atoms. The fourth-order valence-corrected chi connectivity index (χ4v) is 4.34. The van der Waals surface area contributed by atoms with E-state index in [1.54, 1.807) is 0 Å². The molecule has 2 heteroatoms. The molecule has 0 atom stereocenters. The Balaban J connectivity index is 2.02. The van der Waals surface area contributed by atoms with Crippen LogP contribution in [0.15, 0.2) is 0 Å². The second kappa shape index (κ2) is 5.71. The van der Waals surface area contributed by atoms with Crippen molar-refractivity contribution in [3.8, 4) is 0 Å².